The molecule has 128 valence electrons. The molecule has 0 unspecified atom stereocenters. The van der Waals surface area contributed by atoms with Crippen molar-refractivity contribution in [2.45, 2.75) is 25.5 Å². The molecule has 4 rings (SSSR count). The first-order chi connectivity index (χ1) is 12.1. The standard InChI is InChI=1S/C20H19NO4/c1-25-20-17(12-2-6-15(23)7-3-12)9-8-16-13(11-22)10-18(24)21(19(16)20)14-4-5-14/h2-3,6-10,14,22-23H,4-5,11H2,1H3. The zero-order valence-corrected chi connectivity index (χ0v) is 13.9. The zero-order valence-electron chi connectivity index (χ0n) is 13.9. The van der Waals surface area contributed by atoms with E-state index in [1.54, 1.807) is 23.8 Å². The van der Waals surface area contributed by atoms with Crippen LogP contribution >= 0.6 is 0 Å². The Labute approximate surface area is 144 Å². The van der Waals surface area contributed by atoms with Gasteiger partial charge in [-0.2, -0.15) is 0 Å². The van der Waals surface area contributed by atoms with Gasteiger partial charge in [0.2, 0.25) is 0 Å². The lowest BCUT2D eigenvalue weighted by atomic mass is 9.99. The fourth-order valence-electron chi connectivity index (χ4n) is 3.38. The minimum Gasteiger partial charge on any atom is -0.508 e. The lowest BCUT2D eigenvalue weighted by molar-refractivity contribution is 0.283. The zero-order chi connectivity index (χ0) is 17.6. The van der Waals surface area contributed by atoms with Crippen LogP contribution in [0, 0.1) is 0 Å². The van der Waals surface area contributed by atoms with E-state index in [4.69, 9.17) is 4.74 Å². The number of benzene rings is 2. The summed E-state index contributed by atoms with van der Waals surface area (Å²) in [6.07, 6.45) is 1.94. The average Bonchev–Trinajstić information content (AvgIpc) is 3.45. The average molecular weight is 337 g/mol. The van der Waals surface area contributed by atoms with Crippen molar-refractivity contribution in [1.29, 1.82) is 0 Å². The number of aromatic hydroxyl groups is 1. The van der Waals surface area contributed by atoms with E-state index < -0.39 is 0 Å². The number of aliphatic hydroxyl groups is 1. The number of phenolic OH excluding ortho intramolecular Hbond substituents is 1. The van der Waals surface area contributed by atoms with Gasteiger partial charge in [-0.1, -0.05) is 18.2 Å². The third kappa shape index (κ3) is 2.57. The molecule has 1 aliphatic rings. The highest BCUT2D eigenvalue weighted by Crippen LogP contribution is 2.42. The predicted molar refractivity (Wildman–Crippen MR) is 96.1 cm³/mol. The Kier molecular flexibility index (Phi) is 3.73. The third-order valence-electron chi connectivity index (χ3n) is 4.72. The van der Waals surface area contributed by atoms with Gasteiger partial charge in [0, 0.05) is 23.1 Å². The Balaban J connectivity index is 2.09. The molecule has 0 radical (unpaired) electrons. The van der Waals surface area contributed by atoms with Gasteiger partial charge >= 0.3 is 0 Å². The van der Waals surface area contributed by atoms with Crippen molar-refractivity contribution in [2.75, 3.05) is 7.11 Å². The Morgan fingerprint density at radius 3 is 2.48 bits per heavy atom. The molecule has 1 fully saturated rings. The van der Waals surface area contributed by atoms with Crippen LogP contribution in [0.4, 0.5) is 0 Å². The summed E-state index contributed by atoms with van der Waals surface area (Å²) in [6, 6.07) is 12.4. The normalized spacial score (nSPS) is 14.0. The number of fused-ring (bicyclic) bond motifs is 1. The molecule has 2 N–H and O–H groups in total. The maximum atomic E-state index is 12.6. The Morgan fingerprint density at radius 1 is 1.16 bits per heavy atom. The van der Waals surface area contributed by atoms with E-state index in [-0.39, 0.29) is 24.0 Å². The number of phenols is 1. The quantitative estimate of drug-likeness (QED) is 0.767. The highest BCUT2D eigenvalue weighted by molar-refractivity contribution is 5.94. The Hall–Kier alpha value is -2.79. The monoisotopic (exact) mass is 337 g/mol. The van der Waals surface area contributed by atoms with Crippen LogP contribution in [0.25, 0.3) is 22.0 Å². The predicted octanol–water partition coefficient (Wildman–Crippen LogP) is 3.21. The molecule has 0 bridgehead atoms. The van der Waals surface area contributed by atoms with Crippen LogP contribution in [0.5, 0.6) is 11.5 Å². The van der Waals surface area contributed by atoms with Gasteiger partial charge in [-0.15, -0.1) is 0 Å². The SMILES string of the molecule is COc1c(-c2ccc(O)cc2)ccc2c(CO)cc(=O)n(C3CC3)c12. The first-order valence-corrected chi connectivity index (χ1v) is 8.29. The van der Waals surface area contributed by atoms with Gasteiger partial charge in [-0.3, -0.25) is 4.79 Å². The molecule has 0 amide bonds. The number of hydrogen-bond donors (Lipinski definition) is 2. The topological polar surface area (TPSA) is 71.7 Å². The van der Waals surface area contributed by atoms with E-state index in [1.807, 2.05) is 24.3 Å². The van der Waals surface area contributed by atoms with Crippen LogP contribution in [0.3, 0.4) is 0 Å². The summed E-state index contributed by atoms with van der Waals surface area (Å²) in [5.41, 5.74) is 2.96. The van der Waals surface area contributed by atoms with Gasteiger partial charge in [0.1, 0.15) is 5.75 Å². The van der Waals surface area contributed by atoms with Gasteiger partial charge in [-0.25, -0.2) is 0 Å². The summed E-state index contributed by atoms with van der Waals surface area (Å²) >= 11 is 0. The minimum absolute atomic E-state index is 0.111. The maximum absolute atomic E-state index is 12.6. The largest absolute Gasteiger partial charge is 0.508 e. The summed E-state index contributed by atoms with van der Waals surface area (Å²) in [4.78, 5) is 12.6. The van der Waals surface area contributed by atoms with Gasteiger partial charge in [-0.05, 0) is 42.2 Å². The molecule has 5 heteroatoms. The smallest absolute Gasteiger partial charge is 0.251 e. The number of methoxy groups -OCH3 is 1. The van der Waals surface area contributed by atoms with Crippen LogP contribution in [0.1, 0.15) is 24.4 Å². The number of ether oxygens (including phenoxy) is 1. The van der Waals surface area contributed by atoms with Crippen molar-refractivity contribution >= 4 is 10.9 Å². The van der Waals surface area contributed by atoms with E-state index in [0.717, 1.165) is 34.9 Å². The summed E-state index contributed by atoms with van der Waals surface area (Å²) < 4.78 is 7.50. The van der Waals surface area contributed by atoms with Crippen molar-refractivity contribution in [3.8, 4) is 22.6 Å². The van der Waals surface area contributed by atoms with Crippen molar-refractivity contribution < 1.29 is 14.9 Å². The molecule has 5 nitrogen and oxygen atoms in total. The van der Waals surface area contributed by atoms with Gasteiger partial charge in [0.15, 0.2) is 5.75 Å². The fourth-order valence-corrected chi connectivity index (χ4v) is 3.38. The first kappa shape index (κ1) is 15.7. The van der Waals surface area contributed by atoms with Crippen molar-refractivity contribution in [1.82, 2.24) is 4.57 Å². The molecule has 1 heterocycles. The van der Waals surface area contributed by atoms with E-state index in [0.29, 0.717) is 11.3 Å². The molecule has 0 atom stereocenters. The molecule has 3 aromatic rings. The lowest BCUT2D eigenvalue weighted by Crippen LogP contribution is -2.20. The second kappa shape index (κ2) is 5.93. The maximum Gasteiger partial charge on any atom is 0.251 e. The molecular formula is C20H19NO4. The lowest BCUT2D eigenvalue weighted by Gasteiger charge is -2.18. The Morgan fingerprint density at radius 2 is 1.88 bits per heavy atom. The summed E-state index contributed by atoms with van der Waals surface area (Å²) in [5, 5.41) is 20.0. The van der Waals surface area contributed by atoms with Crippen LogP contribution in [0.2, 0.25) is 0 Å². The second-order valence-electron chi connectivity index (χ2n) is 6.36. The molecular weight excluding hydrogens is 318 g/mol. The second-order valence-corrected chi connectivity index (χ2v) is 6.36. The number of aliphatic hydroxyl groups excluding tert-OH is 1. The Bertz CT molecular complexity index is 1000. The minimum atomic E-state index is -0.195. The first-order valence-electron chi connectivity index (χ1n) is 8.29. The molecule has 1 aromatic heterocycles. The summed E-state index contributed by atoms with van der Waals surface area (Å²) in [6.45, 7) is -0.195. The molecule has 2 aromatic carbocycles. The highest BCUT2D eigenvalue weighted by Gasteiger charge is 2.29. The number of rotatable bonds is 4. The van der Waals surface area contributed by atoms with Crippen LogP contribution in [0.15, 0.2) is 47.3 Å². The van der Waals surface area contributed by atoms with Crippen LogP contribution in [-0.2, 0) is 6.61 Å². The van der Waals surface area contributed by atoms with Crippen LogP contribution < -0.4 is 10.3 Å². The third-order valence-corrected chi connectivity index (χ3v) is 4.72. The van der Waals surface area contributed by atoms with Crippen molar-refractivity contribution in [3.05, 3.63) is 58.4 Å². The summed E-state index contributed by atoms with van der Waals surface area (Å²) in [7, 11) is 1.59. The molecule has 1 aliphatic carbocycles. The molecule has 0 saturated heterocycles. The van der Waals surface area contributed by atoms with Gasteiger partial charge in [0.25, 0.3) is 5.56 Å². The van der Waals surface area contributed by atoms with E-state index >= 15 is 0 Å². The molecule has 25 heavy (non-hydrogen) atoms. The van der Waals surface area contributed by atoms with Crippen LogP contribution in [-0.4, -0.2) is 21.9 Å². The molecule has 0 spiro atoms. The summed E-state index contributed by atoms with van der Waals surface area (Å²) in [5.74, 6) is 0.809. The van der Waals surface area contributed by atoms with E-state index in [1.165, 1.54) is 6.07 Å². The van der Waals surface area contributed by atoms with Gasteiger partial charge in [0.05, 0.1) is 19.2 Å². The fraction of sp³-hybridized carbons (Fsp3) is 0.250. The highest BCUT2D eigenvalue weighted by atomic mass is 16.5. The van der Waals surface area contributed by atoms with E-state index in [9.17, 15) is 15.0 Å². The number of pyridine rings is 1. The van der Waals surface area contributed by atoms with Crippen molar-refractivity contribution in [2.24, 2.45) is 0 Å². The van der Waals surface area contributed by atoms with Gasteiger partial charge < -0.3 is 19.5 Å². The number of hydrogen-bond acceptors (Lipinski definition) is 4. The number of nitrogens with zero attached hydrogens (tertiary/aromatic N) is 1. The number of aromatic nitrogens is 1. The van der Waals surface area contributed by atoms with E-state index in [2.05, 4.69) is 0 Å². The van der Waals surface area contributed by atoms with Crippen molar-refractivity contribution in [3.63, 3.8) is 0 Å². The molecule has 0 aliphatic heterocycles. The molecule has 1 saturated carbocycles.